The fourth-order valence-electron chi connectivity index (χ4n) is 5.70. The molecule has 0 bridgehead atoms. The maximum Gasteiger partial charge on any atom is 0.134 e. The molecule has 2 aromatic rings. The van der Waals surface area contributed by atoms with Gasteiger partial charge >= 0.3 is 0 Å². The van der Waals surface area contributed by atoms with E-state index in [9.17, 15) is 9.50 Å². The van der Waals surface area contributed by atoms with E-state index in [4.69, 9.17) is 16.3 Å². The molecule has 186 valence electrons. The number of phenols is 1. The summed E-state index contributed by atoms with van der Waals surface area (Å²) in [4.78, 5) is 4.82. The topological polar surface area (TPSA) is 35.9 Å². The highest BCUT2D eigenvalue weighted by Gasteiger charge is 2.39. The van der Waals surface area contributed by atoms with Crippen LogP contribution in [0.1, 0.15) is 56.1 Å². The van der Waals surface area contributed by atoms with Crippen molar-refractivity contribution in [3.05, 3.63) is 64.4 Å². The summed E-state index contributed by atoms with van der Waals surface area (Å²) >= 11 is 6.43. The summed E-state index contributed by atoms with van der Waals surface area (Å²) in [5.41, 5.74) is 1.50. The highest BCUT2D eigenvalue weighted by atomic mass is 35.5. The second-order valence-corrected chi connectivity index (χ2v) is 10.3. The molecule has 2 fully saturated rings. The zero-order chi connectivity index (χ0) is 23.8. The number of aromatic hydroxyl groups is 1. The van der Waals surface area contributed by atoms with Crippen molar-refractivity contribution >= 4 is 11.6 Å². The van der Waals surface area contributed by atoms with Crippen LogP contribution in [0.3, 0.4) is 0 Å². The number of halogens is 2. The largest absolute Gasteiger partial charge is 0.506 e. The molecule has 1 heterocycles. The minimum Gasteiger partial charge on any atom is -0.506 e. The number of benzene rings is 2. The van der Waals surface area contributed by atoms with Gasteiger partial charge in [-0.25, -0.2) is 4.39 Å². The van der Waals surface area contributed by atoms with Crippen molar-refractivity contribution < 1.29 is 14.2 Å². The minimum atomic E-state index is -0.206. The molecule has 1 aliphatic heterocycles. The van der Waals surface area contributed by atoms with Crippen LogP contribution in [0.25, 0.3) is 0 Å². The smallest absolute Gasteiger partial charge is 0.134 e. The number of ether oxygens (including phenoxy) is 1. The fraction of sp³-hybridized carbons (Fsp3) is 0.571. The number of hydrogen-bond acceptors (Lipinski definition) is 4. The van der Waals surface area contributed by atoms with Crippen LogP contribution in [-0.4, -0.2) is 60.8 Å². The average molecular weight is 489 g/mol. The Balaban J connectivity index is 1.44. The summed E-state index contributed by atoms with van der Waals surface area (Å²) in [6.45, 7) is 6.78. The Kier molecular flexibility index (Phi) is 9.24. The molecule has 2 aliphatic rings. The highest BCUT2D eigenvalue weighted by molar-refractivity contribution is 6.32. The van der Waals surface area contributed by atoms with E-state index in [1.54, 1.807) is 18.2 Å². The number of phenolic OH excluding ortho intramolecular Hbond substituents is 1. The quantitative estimate of drug-likeness (QED) is 0.393. The maximum atomic E-state index is 14.9. The van der Waals surface area contributed by atoms with Gasteiger partial charge in [-0.15, -0.1) is 0 Å². The van der Waals surface area contributed by atoms with Crippen molar-refractivity contribution in [3.8, 4) is 5.75 Å². The van der Waals surface area contributed by atoms with Gasteiger partial charge in [-0.3, -0.25) is 4.90 Å². The van der Waals surface area contributed by atoms with Gasteiger partial charge in [-0.05, 0) is 62.0 Å². The van der Waals surface area contributed by atoms with Gasteiger partial charge in [0.15, 0.2) is 0 Å². The minimum absolute atomic E-state index is 0.0987. The number of nitrogens with zero attached hydrogens (tertiary/aromatic N) is 2. The van der Waals surface area contributed by atoms with E-state index < -0.39 is 0 Å². The maximum absolute atomic E-state index is 14.9. The fourth-order valence-corrected chi connectivity index (χ4v) is 5.89. The first-order valence-electron chi connectivity index (χ1n) is 12.8. The third-order valence-corrected chi connectivity index (χ3v) is 7.97. The van der Waals surface area contributed by atoms with Crippen LogP contribution in [0.2, 0.25) is 5.02 Å². The van der Waals surface area contributed by atoms with E-state index in [-0.39, 0.29) is 17.0 Å². The van der Waals surface area contributed by atoms with E-state index in [0.717, 1.165) is 63.1 Å². The second-order valence-electron chi connectivity index (χ2n) is 9.94. The second kappa shape index (κ2) is 12.3. The Morgan fingerprint density at radius 2 is 1.74 bits per heavy atom. The van der Waals surface area contributed by atoms with Crippen LogP contribution in [0.4, 0.5) is 4.39 Å². The third-order valence-electron chi connectivity index (χ3n) is 7.54. The lowest BCUT2D eigenvalue weighted by Gasteiger charge is -2.36. The van der Waals surface area contributed by atoms with Crippen molar-refractivity contribution in [2.45, 2.75) is 56.9 Å². The zero-order valence-corrected chi connectivity index (χ0v) is 20.9. The van der Waals surface area contributed by atoms with Crippen LogP contribution in [-0.2, 0) is 16.7 Å². The highest BCUT2D eigenvalue weighted by Crippen LogP contribution is 2.43. The van der Waals surface area contributed by atoms with Crippen molar-refractivity contribution in [1.29, 1.82) is 0 Å². The Hall–Kier alpha value is -1.66. The van der Waals surface area contributed by atoms with Gasteiger partial charge in [0.2, 0.25) is 0 Å². The molecule has 2 aromatic carbocycles. The SMILES string of the molecule is Oc1cccc(CN(CCOCCN2CCCCC2)CC2(c3ccccc3F)CCCC2)c1Cl. The standard InChI is InChI=1S/C28H38ClFN2O2/c29-27-23(9-8-12-26(27)33)21-32(18-20-34-19-17-31-15-6-1-7-16-31)22-28(13-4-5-14-28)24-10-2-3-11-25(24)30/h2-3,8-12,33H,1,4-7,13-22H2. The van der Waals surface area contributed by atoms with Crippen LogP contribution in [0.5, 0.6) is 5.75 Å². The number of hydrogen-bond donors (Lipinski definition) is 1. The molecule has 1 aliphatic carbocycles. The van der Waals surface area contributed by atoms with E-state index in [0.29, 0.717) is 18.2 Å². The molecule has 0 amide bonds. The Morgan fingerprint density at radius 1 is 0.971 bits per heavy atom. The molecule has 0 atom stereocenters. The van der Waals surface area contributed by atoms with Gasteiger partial charge in [0, 0.05) is 31.6 Å². The molecule has 1 saturated heterocycles. The molecule has 0 aromatic heterocycles. The lowest BCUT2D eigenvalue weighted by Crippen LogP contribution is -2.41. The molecule has 4 rings (SSSR count). The molecular weight excluding hydrogens is 451 g/mol. The van der Waals surface area contributed by atoms with Crippen molar-refractivity contribution in [3.63, 3.8) is 0 Å². The number of likely N-dealkylation sites (tertiary alicyclic amines) is 1. The van der Waals surface area contributed by atoms with Crippen LogP contribution >= 0.6 is 11.6 Å². The van der Waals surface area contributed by atoms with Gasteiger partial charge in [0.05, 0.1) is 18.2 Å². The van der Waals surface area contributed by atoms with Gasteiger partial charge in [0.1, 0.15) is 11.6 Å². The average Bonchev–Trinajstić information content (AvgIpc) is 3.32. The first kappa shape index (κ1) is 25.4. The van der Waals surface area contributed by atoms with Gasteiger partial charge < -0.3 is 14.7 Å². The Labute approximate surface area is 208 Å². The molecular formula is C28H38ClFN2O2. The normalized spacial score (nSPS) is 18.6. The first-order valence-corrected chi connectivity index (χ1v) is 13.2. The van der Waals surface area contributed by atoms with E-state index in [1.165, 1.54) is 32.4 Å². The lowest BCUT2D eigenvalue weighted by atomic mass is 9.78. The molecule has 34 heavy (non-hydrogen) atoms. The van der Waals surface area contributed by atoms with E-state index in [1.807, 2.05) is 24.3 Å². The molecule has 0 radical (unpaired) electrons. The summed E-state index contributed by atoms with van der Waals surface area (Å²) in [7, 11) is 0. The van der Waals surface area contributed by atoms with Crippen molar-refractivity contribution in [1.82, 2.24) is 9.80 Å². The summed E-state index contributed by atoms with van der Waals surface area (Å²) in [6.07, 6.45) is 8.10. The monoisotopic (exact) mass is 488 g/mol. The van der Waals surface area contributed by atoms with Crippen molar-refractivity contribution in [2.24, 2.45) is 0 Å². The summed E-state index contributed by atoms with van der Waals surface area (Å²) < 4.78 is 21.0. The summed E-state index contributed by atoms with van der Waals surface area (Å²) in [6, 6.07) is 12.6. The van der Waals surface area contributed by atoms with Crippen LogP contribution in [0, 0.1) is 5.82 Å². The molecule has 4 nitrogen and oxygen atoms in total. The van der Waals surface area contributed by atoms with Crippen LogP contribution in [0.15, 0.2) is 42.5 Å². The zero-order valence-electron chi connectivity index (χ0n) is 20.2. The molecule has 6 heteroatoms. The predicted octanol–water partition coefficient (Wildman–Crippen LogP) is 6.00. The number of piperidine rings is 1. The van der Waals surface area contributed by atoms with Gasteiger partial charge in [0.25, 0.3) is 0 Å². The van der Waals surface area contributed by atoms with E-state index >= 15 is 0 Å². The summed E-state index contributed by atoms with van der Waals surface area (Å²) in [5, 5.41) is 10.5. The molecule has 1 N–H and O–H groups in total. The lowest BCUT2D eigenvalue weighted by molar-refractivity contribution is 0.0699. The number of rotatable bonds is 11. The van der Waals surface area contributed by atoms with Gasteiger partial charge in [-0.2, -0.15) is 0 Å². The Morgan fingerprint density at radius 3 is 2.50 bits per heavy atom. The first-order chi connectivity index (χ1) is 16.6. The summed E-state index contributed by atoms with van der Waals surface area (Å²) in [5.74, 6) is -0.0147. The molecule has 1 saturated carbocycles. The molecule has 0 spiro atoms. The van der Waals surface area contributed by atoms with Crippen LogP contribution < -0.4 is 0 Å². The molecule has 0 unspecified atom stereocenters. The predicted molar refractivity (Wildman–Crippen MR) is 136 cm³/mol. The van der Waals surface area contributed by atoms with Gasteiger partial charge in [-0.1, -0.05) is 61.2 Å². The third kappa shape index (κ3) is 6.51. The Bertz CT molecular complexity index is 913. The van der Waals surface area contributed by atoms with E-state index in [2.05, 4.69) is 9.80 Å². The van der Waals surface area contributed by atoms with Crippen molar-refractivity contribution in [2.75, 3.05) is 45.9 Å².